The number of nitrogens with zero attached hydrogens (tertiary/aromatic N) is 2. The van der Waals surface area contributed by atoms with Crippen LogP contribution in [0.5, 0.6) is 0 Å². The Labute approximate surface area is 121 Å². The minimum Gasteiger partial charge on any atom is -0.373 e. The number of likely N-dealkylation sites (N-methyl/N-ethyl adjacent to an activating group) is 1. The van der Waals surface area contributed by atoms with E-state index in [1.807, 2.05) is 24.0 Å². The number of carbonyl (C=O) groups is 1. The second-order valence-corrected chi connectivity index (χ2v) is 5.94. The minimum absolute atomic E-state index is 0.0597. The molecule has 2 rings (SSSR count). The third-order valence-electron chi connectivity index (χ3n) is 4.01. The molecule has 1 heterocycles. The number of nitrogens with two attached hydrogens (primary N) is 1. The van der Waals surface area contributed by atoms with Crippen molar-refractivity contribution in [1.82, 2.24) is 4.90 Å². The molecule has 1 amide bonds. The SMILES string of the molecule is CCCC(C)(N)C(=O)N1CCN(C)c2ccccc2C1. The van der Waals surface area contributed by atoms with Gasteiger partial charge in [0.05, 0.1) is 5.54 Å². The van der Waals surface area contributed by atoms with Crippen molar-refractivity contribution in [2.75, 3.05) is 25.0 Å². The van der Waals surface area contributed by atoms with E-state index in [0.717, 1.165) is 25.9 Å². The predicted octanol–water partition coefficient (Wildman–Crippen LogP) is 1.98. The van der Waals surface area contributed by atoms with Gasteiger partial charge in [-0.2, -0.15) is 0 Å². The molecule has 1 atom stereocenters. The van der Waals surface area contributed by atoms with Crippen LogP contribution in [0.3, 0.4) is 0 Å². The molecule has 0 fully saturated rings. The molecule has 0 saturated carbocycles. The van der Waals surface area contributed by atoms with Crippen molar-refractivity contribution in [2.24, 2.45) is 5.73 Å². The zero-order valence-corrected chi connectivity index (χ0v) is 12.7. The smallest absolute Gasteiger partial charge is 0.242 e. The number of benzene rings is 1. The van der Waals surface area contributed by atoms with Crippen LogP contribution in [0.1, 0.15) is 32.3 Å². The van der Waals surface area contributed by atoms with E-state index in [9.17, 15) is 4.79 Å². The van der Waals surface area contributed by atoms with Crippen LogP contribution in [0.4, 0.5) is 5.69 Å². The monoisotopic (exact) mass is 275 g/mol. The maximum atomic E-state index is 12.7. The molecule has 1 aliphatic heterocycles. The fourth-order valence-electron chi connectivity index (χ4n) is 2.85. The molecule has 2 N–H and O–H groups in total. The summed E-state index contributed by atoms with van der Waals surface area (Å²) >= 11 is 0. The van der Waals surface area contributed by atoms with Crippen molar-refractivity contribution in [3.8, 4) is 0 Å². The second-order valence-electron chi connectivity index (χ2n) is 5.94. The van der Waals surface area contributed by atoms with Gasteiger partial charge in [0, 0.05) is 32.4 Å². The quantitative estimate of drug-likeness (QED) is 0.917. The molecule has 0 spiro atoms. The number of rotatable bonds is 3. The van der Waals surface area contributed by atoms with Crippen LogP contribution >= 0.6 is 0 Å². The van der Waals surface area contributed by atoms with Crippen LogP contribution < -0.4 is 10.6 Å². The number of hydrogen-bond donors (Lipinski definition) is 1. The first-order valence-electron chi connectivity index (χ1n) is 7.33. The number of carbonyl (C=O) groups excluding carboxylic acids is 1. The van der Waals surface area contributed by atoms with Crippen molar-refractivity contribution in [3.05, 3.63) is 29.8 Å². The molecule has 1 aliphatic rings. The van der Waals surface area contributed by atoms with Gasteiger partial charge in [-0.05, 0) is 25.0 Å². The van der Waals surface area contributed by atoms with Crippen LogP contribution in [0.25, 0.3) is 0 Å². The molecule has 1 aromatic carbocycles. The highest BCUT2D eigenvalue weighted by Gasteiger charge is 2.33. The molecular formula is C16H25N3O. The van der Waals surface area contributed by atoms with Gasteiger partial charge in [-0.15, -0.1) is 0 Å². The Morgan fingerprint density at radius 2 is 2.05 bits per heavy atom. The molecule has 20 heavy (non-hydrogen) atoms. The van der Waals surface area contributed by atoms with Gasteiger partial charge in [0.1, 0.15) is 0 Å². The lowest BCUT2D eigenvalue weighted by atomic mass is 9.95. The Balaban J connectivity index is 2.22. The zero-order valence-electron chi connectivity index (χ0n) is 12.7. The Kier molecular flexibility index (Phi) is 4.33. The molecule has 0 bridgehead atoms. The molecule has 1 aromatic rings. The van der Waals surface area contributed by atoms with Crippen molar-refractivity contribution in [3.63, 3.8) is 0 Å². The molecule has 110 valence electrons. The fourth-order valence-corrected chi connectivity index (χ4v) is 2.85. The summed E-state index contributed by atoms with van der Waals surface area (Å²) in [4.78, 5) is 16.8. The molecule has 0 radical (unpaired) electrons. The van der Waals surface area contributed by atoms with E-state index in [1.165, 1.54) is 11.3 Å². The normalized spacial score (nSPS) is 18.2. The predicted molar refractivity (Wildman–Crippen MR) is 82.6 cm³/mol. The zero-order chi connectivity index (χ0) is 14.8. The summed E-state index contributed by atoms with van der Waals surface area (Å²) in [6.45, 7) is 6.12. The number of fused-ring (bicyclic) bond motifs is 1. The van der Waals surface area contributed by atoms with Gasteiger partial charge < -0.3 is 15.5 Å². The number of hydrogen-bond acceptors (Lipinski definition) is 3. The van der Waals surface area contributed by atoms with Crippen LogP contribution in [0.2, 0.25) is 0 Å². The number of anilines is 1. The van der Waals surface area contributed by atoms with Gasteiger partial charge in [0.15, 0.2) is 0 Å². The van der Waals surface area contributed by atoms with Gasteiger partial charge in [-0.3, -0.25) is 4.79 Å². The van der Waals surface area contributed by atoms with Crippen molar-refractivity contribution in [1.29, 1.82) is 0 Å². The first-order valence-corrected chi connectivity index (χ1v) is 7.33. The lowest BCUT2D eigenvalue weighted by Crippen LogP contribution is -2.53. The minimum atomic E-state index is -0.757. The van der Waals surface area contributed by atoms with E-state index in [-0.39, 0.29) is 5.91 Å². The summed E-state index contributed by atoms with van der Waals surface area (Å²) in [7, 11) is 2.07. The fraction of sp³-hybridized carbons (Fsp3) is 0.562. The molecule has 1 unspecified atom stereocenters. The van der Waals surface area contributed by atoms with Gasteiger partial charge in [0.25, 0.3) is 0 Å². The van der Waals surface area contributed by atoms with Crippen molar-refractivity contribution >= 4 is 11.6 Å². The molecule has 0 aromatic heterocycles. The summed E-state index contributed by atoms with van der Waals surface area (Å²) in [6.07, 6.45) is 1.64. The van der Waals surface area contributed by atoms with E-state index < -0.39 is 5.54 Å². The van der Waals surface area contributed by atoms with Crippen molar-refractivity contribution < 1.29 is 4.79 Å². The third kappa shape index (κ3) is 2.96. The van der Waals surface area contributed by atoms with Gasteiger partial charge in [0.2, 0.25) is 5.91 Å². The van der Waals surface area contributed by atoms with Crippen LogP contribution in [0.15, 0.2) is 24.3 Å². The molecule has 0 saturated heterocycles. The average molecular weight is 275 g/mol. The summed E-state index contributed by atoms with van der Waals surface area (Å²) < 4.78 is 0. The first-order chi connectivity index (χ1) is 9.45. The van der Waals surface area contributed by atoms with Crippen molar-refractivity contribution in [2.45, 2.75) is 38.8 Å². The van der Waals surface area contributed by atoms with E-state index in [1.54, 1.807) is 0 Å². The lowest BCUT2D eigenvalue weighted by Gasteiger charge is -2.31. The largest absolute Gasteiger partial charge is 0.373 e. The third-order valence-corrected chi connectivity index (χ3v) is 4.01. The number of amides is 1. The van der Waals surface area contributed by atoms with E-state index in [2.05, 4.69) is 31.0 Å². The van der Waals surface area contributed by atoms with E-state index in [4.69, 9.17) is 5.73 Å². The summed E-state index contributed by atoms with van der Waals surface area (Å²) in [5.74, 6) is 0.0597. The topological polar surface area (TPSA) is 49.6 Å². The van der Waals surface area contributed by atoms with Crippen LogP contribution in [-0.4, -0.2) is 36.5 Å². The molecule has 4 nitrogen and oxygen atoms in total. The highest BCUT2D eigenvalue weighted by atomic mass is 16.2. The molecule has 4 heteroatoms. The first kappa shape index (κ1) is 14.9. The maximum Gasteiger partial charge on any atom is 0.242 e. The van der Waals surface area contributed by atoms with Crippen LogP contribution in [-0.2, 0) is 11.3 Å². The molecule has 0 aliphatic carbocycles. The molecular weight excluding hydrogens is 250 g/mol. The summed E-state index contributed by atoms with van der Waals surface area (Å²) in [6, 6.07) is 8.26. The van der Waals surface area contributed by atoms with Gasteiger partial charge in [-0.1, -0.05) is 31.5 Å². The van der Waals surface area contributed by atoms with E-state index in [0.29, 0.717) is 6.54 Å². The Bertz CT molecular complexity index is 484. The summed E-state index contributed by atoms with van der Waals surface area (Å²) in [5, 5.41) is 0. The van der Waals surface area contributed by atoms with E-state index >= 15 is 0 Å². The highest BCUT2D eigenvalue weighted by Crippen LogP contribution is 2.25. The maximum absolute atomic E-state index is 12.7. The average Bonchev–Trinajstić information content (AvgIpc) is 2.58. The van der Waals surface area contributed by atoms with Gasteiger partial charge >= 0.3 is 0 Å². The standard InChI is InChI=1S/C16H25N3O/c1-4-9-16(2,17)15(20)19-11-10-18(3)14-8-6-5-7-13(14)12-19/h5-8H,4,9-12,17H2,1-3H3. The summed E-state index contributed by atoms with van der Waals surface area (Å²) in [5.41, 5.74) is 7.84. The number of para-hydroxylation sites is 1. The van der Waals surface area contributed by atoms with Crippen LogP contribution in [0, 0.1) is 0 Å². The Morgan fingerprint density at radius 3 is 2.75 bits per heavy atom. The second kappa shape index (κ2) is 5.83. The Hall–Kier alpha value is -1.55. The van der Waals surface area contributed by atoms with Gasteiger partial charge in [-0.25, -0.2) is 0 Å². The lowest BCUT2D eigenvalue weighted by molar-refractivity contribution is -0.137. The Morgan fingerprint density at radius 1 is 1.35 bits per heavy atom. The highest BCUT2D eigenvalue weighted by molar-refractivity contribution is 5.86.